The lowest BCUT2D eigenvalue weighted by molar-refractivity contribution is 0.535. The molecule has 0 radical (unpaired) electrons. The Morgan fingerprint density at radius 3 is 2.78 bits per heavy atom. The average Bonchev–Trinajstić information content (AvgIpc) is 2.85. The quantitative estimate of drug-likeness (QED) is 0.875. The third-order valence-corrected chi connectivity index (χ3v) is 3.38. The van der Waals surface area contributed by atoms with Crippen LogP contribution in [0, 0.1) is 0 Å². The topological polar surface area (TPSA) is 25.2 Å². The van der Waals surface area contributed by atoms with Gasteiger partial charge in [0.15, 0.2) is 0 Å². The second-order valence-corrected chi connectivity index (χ2v) is 4.96. The zero-order valence-electron chi connectivity index (χ0n) is 10.1. The highest BCUT2D eigenvalue weighted by atomic mass is 35.5. The fraction of sp³-hybridized carbons (Fsp3) is 0.286. The molecule has 0 saturated carbocycles. The van der Waals surface area contributed by atoms with Crippen LogP contribution in [0.5, 0.6) is 0 Å². The molecule has 0 saturated heterocycles. The first-order valence-electron chi connectivity index (χ1n) is 5.90. The highest BCUT2D eigenvalue weighted by Gasteiger charge is 2.15. The Hall–Kier alpha value is -0.960. The summed E-state index contributed by atoms with van der Waals surface area (Å²) in [6.45, 7) is 2.94. The lowest BCUT2D eigenvalue weighted by atomic mass is 10.0. The molecule has 18 heavy (non-hydrogen) atoms. The molecular weight excluding hydrogens is 269 g/mol. The van der Waals surface area contributed by atoms with Crippen LogP contribution in [-0.2, 0) is 6.42 Å². The van der Waals surface area contributed by atoms with E-state index in [1.54, 1.807) is 18.6 Å². The van der Waals surface area contributed by atoms with Crippen LogP contribution in [0.3, 0.4) is 0 Å². The van der Waals surface area contributed by atoms with Crippen LogP contribution in [0.15, 0.2) is 41.2 Å². The summed E-state index contributed by atoms with van der Waals surface area (Å²) in [6, 6.07) is 7.64. The first-order valence-corrected chi connectivity index (χ1v) is 6.65. The fourth-order valence-electron chi connectivity index (χ4n) is 1.96. The Morgan fingerprint density at radius 2 is 2.11 bits per heavy atom. The van der Waals surface area contributed by atoms with Crippen LogP contribution in [0.1, 0.15) is 24.1 Å². The molecule has 96 valence electrons. The Bertz CT molecular complexity index is 497. The molecule has 0 bridgehead atoms. The van der Waals surface area contributed by atoms with Crippen molar-refractivity contribution in [1.82, 2.24) is 5.32 Å². The summed E-state index contributed by atoms with van der Waals surface area (Å²) in [5, 5.41) is 4.85. The maximum Gasteiger partial charge on any atom is 0.0935 e. The van der Waals surface area contributed by atoms with Crippen molar-refractivity contribution in [1.29, 1.82) is 0 Å². The van der Waals surface area contributed by atoms with Gasteiger partial charge in [-0.15, -0.1) is 0 Å². The summed E-state index contributed by atoms with van der Waals surface area (Å²) < 4.78 is 5.10. The Morgan fingerprint density at radius 1 is 1.28 bits per heavy atom. The van der Waals surface area contributed by atoms with E-state index in [0.717, 1.165) is 29.1 Å². The van der Waals surface area contributed by atoms with Crippen molar-refractivity contribution in [2.45, 2.75) is 19.4 Å². The van der Waals surface area contributed by atoms with Crippen molar-refractivity contribution in [3.8, 4) is 0 Å². The molecular formula is C14H15Cl2NO. The van der Waals surface area contributed by atoms with E-state index in [2.05, 4.69) is 12.2 Å². The van der Waals surface area contributed by atoms with Gasteiger partial charge in [-0.05, 0) is 48.4 Å². The first-order chi connectivity index (χ1) is 8.70. The highest BCUT2D eigenvalue weighted by Crippen LogP contribution is 2.28. The molecule has 0 aliphatic rings. The molecule has 1 atom stereocenters. The summed E-state index contributed by atoms with van der Waals surface area (Å²) in [7, 11) is 0. The minimum Gasteiger partial charge on any atom is -0.472 e. The van der Waals surface area contributed by atoms with Gasteiger partial charge in [0.25, 0.3) is 0 Å². The Labute approximate surface area is 117 Å². The number of benzene rings is 1. The van der Waals surface area contributed by atoms with Crippen LogP contribution in [0.2, 0.25) is 10.0 Å². The summed E-state index contributed by atoms with van der Waals surface area (Å²) in [6.07, 6.45) is 4.26. The predicted molar refractivity (Wildman–Crippen MR) is 75.3 cm³/mol. The normalized spacial score (nSPS) is 12.6. The fourth-order valence-corrected chi connectivity index (χ4v) is 2.39. The lowest BCUT2D eigenvalue weighted by Gasteiger charge is -2.19. The number of halogens is 2. The van der Waals surface area contributed by atoms with Crippen molar-refractivity contribution in [2.75, 3.05) is 6.54 Å². The van der Waals surface area contributed by atoms with E-state index < -0.39 is 0 Å². The maximum atomic E-state index is 6.24. The summed E-state index contributed by atoms with van der Waals surface area (Å²) in [4.78, 5) is 0. The third kappa shape index (κ3) is 3.29. The summed E-state index contributed by atoms with van der Waals surface area (Å²) in [5.41, 5.74) is 2.16. The molecule has 0 spiro atoms. The third-order valence-electron chi connectivity index (χ3n) is 2.80. The number of hydrogen-bond donors (Lipinski definition) is 1. The molecule has 1 heterocycles. The minimum absolute atomic E-state index is 0.138. The zero-order chi connectivity index (χ0) is 13.0. The van der Waals surface area contributed by atoms with Gasteiger partial charge in [-0.25, -0.2) is 0 Å². The van der Waals surface area contributed by atoms with Crippen molar-refractivity contribution >= 4 is 23.2 Å². The monoisotopic (exact) mass is 283 g/mol. The average molecular weight is 284 g/mol. The molecule has 0 aliphatic heterocycles. The number of likely N-dealkylation sites (N-methyl/N-ethyl adjacent to an activating group) is 1. The second kappa shape index (κ2) is 6.28. The van der Waals surface area contributed by atoms with Gasteiger partial charge in [0, 0.05) is 16.1 Å². The maximum absolute atomic E-state index is 6.24. The van der Waals surface area contributed by atoms with Crippen molar-refractivity contribution in [2.24, 2.45) is 0 Å². The van der Waals surface area contributed by atoms with Crippen LogP contribution >= 0.6 is 23.2 Å². The molecule has 2 aromatic rings. The number of furan rings is 1. The van der Waals surface area contributed by atoms with Crippen molar-refractivity contribution in [3.63, 3.8) is 0 Å². The van der Waals surface area contributed by atoms with E-state index in [0.29, 0.717) is 5.02 Å². The Kier molecular flexibility index (Phi) is 4.70. The van der Waals surface area contributed by atoms with Crippen LogP contribution in [0.25, 0.3) is 0 Å². The van der Waals surface area contributed by atoms with Crippen LogP contribution in [0.4, 0.5) is 0 Å². The van der Waals surface area contributed by atoms with E-state index >= 15 is 0 Å². The van der Waals surface area contributed by atoms with E-state index in [-0.39, 0.29) is 6.04 Å². The van der Waals surface area contributed by atoms with Crippen molar-refractivity contribution < 1.29 is 4.42 Å². The van der Waals surface area contributed by atoms with Crippen LogP contribution < -0.4 is 5.32 Å². The number of hydrogen-bond acceptors (Lipinski definition) is 2. The highest BCUT2D eigenvalue weighted by molar-refractivity contribution is 6.33. The predicted octanol–water partition coefficient (Wildman–Crippen LogP) is 4.48. The van der Waals surface area contributed by atoms with Gasteiger partial charge in [-0.2, -0.15) is 0 Å². The number of nitrogens with one attached hydrogen (secondary N) is 1. The van der Waals surface area contributed by atoms with Gasteiger partial charge in [0.05, 0.1) is 12.5 Å². The zero-order valence-corrected chi connectivity index (χ0v) is 11.6. The second-order valence-electron chi connectivity index (χ2n) is 4.11. The van der Waals surface area contributed by atoms with Gasteiger partial charge in [0.1, 0.15) is 0 Å². The molecule has 1 aromatic heterocycles. The largest absolute Gasteiger partial charge is 0.472 e. The molecule has 4 heteroatoms. The van der Waals surface area contributed by atoms with E-state index in [9.17, 15) is 0 Å². The van der Waals surface area contributed by atoms with E-state index in [1.807, 2.05) is 18.2 Å². The summed E-state index contributed by atoms with van der Waals surface area (Å²) in [5.74, 6) is 0. The lowest BCUT2D eigenvalue weighted by Crippen LogP contribution is -2.23. The molecule has 1 N–H and O–H groups in total. The summed E-state index contributed by atoms with van der Waals surface area (Å²) >= 11 is 12.3. The molecule has 0 amide bonds. The van der Waals surface area contributed by atoms with Gasteiger partial charge in [-0.3, -0.25) is 0 Å². The van der Waals surface area contributed by atoms with Gasteiger partial charge in [0.2, 0.25) is 0 Å². The number of rotatable bonds is 5. The Balaban J connectivity index is 2.26. The molecule has 2 rings (SSSR count). The van der Waals surface area contributed by atoms with E-state index in [1.165, 1.54) is 0 Å². The standard InChI is InChI=1S/C14H15Cl2NO/c1-2-17-14(7-10-5-6-18-9-10)12-8-11(15)3-4-13(12)16/h3-6,8-9,14,17H,2,7H2,1H3. The molecule has 0 aliphatic carbocycles. The van der Waals surface area contributed by atoms with E-state index in [4.69, 9.17) is 27.6 Å². The van der Waals surface area contributed by atoms with Gasteiger partial charge in [-0.1, -0.05) is 30.1 Å². The van der Waals surface area contributed by atoms with Gasteiger partial charge >= 0.3 is 0 Å². The van der Waals surface area contributed by atoms with Crippen LogP contribution in [-0.4, -0.2) is 6.54 Å². The minimum atomic E-state index is 0.138. The first kappa shape index (κ1) is 13.5. The molecule has 1 aromatic carbocycles. The molecule has 2 nitrogen and oxygen atoms in total. The van der Waals surface area contributed by atoms with Crippen molar-refractivity contribution in [3.05, 3.63) is 58.0 Å². The molecule has 1 unspecified atom stereocenters. The molecule has 0 fully saturated rings. The van der Waals surface area contributed by atoms with Gasteiger partial charge < -0.3 is 9.73 Å². The SMILES string of the molecule is CCNC(Cc1ccoc1)c1cc(Cl)ccc1Cl. The smallest absolute Gasteiger partial charge is 0.0935 e.